The number of aliphatic carboxylic acids is 1. The number of aryl methyl sites for hydroxylation is 1. The number of carbonyl (C=O) groups is 2. The quantitative estimate of drug-likeness (QED) is 0.0660. The summed E-state index contributed by atoms with van der Waals surface area (Å²) in [5.74, 6) is -1.98. The fourth-order valence-electron chi connectivity index (χ4n) is 4.91. The van der Waals surface area contributed by atoms with Gasteiger partial charge in [-0.1, -0.05) is 226 Å². The predicted octanol–water partition coefficient (Wildman–Crippen LogP) is 11.2. The van der Waals surface area contributed by atoms with E-state index in [1.165, 1.54) is 135 Å². The number of rotatable bonds is 27. The number of hydrogen-bond acceptors (Lipinski definition) is 4. The van der Waals surface area contributed by atoms with Crippen LogP contribution in [0.4, 0.5) is 0 Å². The number of benzene rings is 1. The number of carboxylic acid groups (broad SMARTS) is 2. The smallest absolute Gasteiger partial charge is 0.550 e. The largest absolute Gasteiger partial charge is 2.00 e. The van der Waals surface area contributed by atoms with Gasteiger partial charge in [0.05, 0.1) is 5.97 Å². The van der Waals surface area contributed by atoms with E-state index in [-0.39, 0.29) is 30.3 Å². The van der Waals surface area contributed by atoms with Gasteiger partial charge < -0.3 is 19.8 Å². The summed E-state index contributed by atoms with van der Waals surface area (Å²) in [6.07, 6.45) is 35.0. The van der Waals surface area contributed by atoms with Crippen LogP contribution in [0.15, 0.2) is 24.3 Å². The monoisotopic (exact) mass is 764 g/mol. The van der Waals surface area contributed by atoms with E-state index in [1.54, 1.807) is 12.1 Å². The Hall–Kier alpha value is -1.04. The second kappa shape index (κ2) is 47.1. The summed E-state index contributed by atoms with van der Waals surface area (Å²) >= 11 is 0. The number of aromatic carboxylic acids is 1. The minimum atomic E-state index is -1.08. The van der Waals surface area contributed by atoms with Crippen molar-refractivity contribution in [2.45, 2.75) is 207 Å². The van der Waals surface area contributed by atoms with Crippen molar-refractivity contribution in [2.24, 2.45) is 0 Å². The second-order valence-electron chi connectivity index (χ2n) is 12.6. The number of carboxylic acids is 2. The Balaban J connectivity index is -0.000000360. The Morgan fingerprint density at radius 3 is 1.11 bits per heavy atom. The van der Waals surface area contributed by atoms with Crippen LogP contribution in [0.1, 0.15) is 217 Å². The molecular weight excluding hydrogens is 687 g/mol. The molecule has 0 aromatic heterocycles. The van der Waals surface area contributed by atoms with Crippen molar-refractivity contribution < 1.29 is 19.8 Å². The van der Waals surface area contributed by atoms with Crippen molar-refractivity contribution in [3.63, 3.8) is 0 Å². The third-order valence-corrected chi connectivity index (χ3v) is 7.95. The molecule has 0 aliphatic rings. The molecule has 0 fully saturated rings. The first-order chi connectivity index (χ1) is 22.4. The van der Waals surface area contributed by atoms with Gasteiger partial charge in [-0.25, -0.2) is 0 Å². The van der Waals surface area contributed by atoms with E-state index < -0.39 is 11.9 Å². The van der Waals surface area contributed by atoms with Gasteiger partial charge in [0.25, 0.3) is 0 Å². The molecule has 5 heteroatoms. The van der Waals surface area contributed by atoms with E-state index in [0.717, 1.165) is 44.1 Å². The Morgan fingerprint density at radius 1 is 0.511 bits per heavy atom. The maximum atomic E-state index is 10.6. The molecular formula is C42H76O4Sn. The molecule has 0 saturated heterocycles. The van der Waals surface area contributed by atoms with Crippen LogP contribution < -0.4 is 10.2 Å². The molecule has 1 aromatic rings. The Morgan fingerprint density at radius 2 is 0.830 bits per heavy atom. The van der Waals surface area contributed by atoms with Crippen molar-refractivity contribution in [3.8, 4) is 0 Å². The number of carbonyl (C=O) groups excluding carboxylic acids is 2. The molecule has 272 valence electrons. The van der Waals surface area contributed by atoms with Crippen molar-refractivity contribution in [3.05, 3.63) is 49.2 Å². The van der Waals surface area contributed by atoms with Crippen LogP contribution >= 0.6 is 0 Å². The maximum Gasteiger partial charge on any atom is 2.00 e. The zero-order chi connectivity index (χ0) is 34.9. The fraction of sp³-hybridized carbons (Fsp3) is 0.762. The zero-order valence-electron chi connectivity index (χ0n) is 31.7. The molecule has 1 rings (SSSR count). The van der Waals surface area contributed by atoms with Crippen molar-refractivity contribution in [1.29, 1.82) is 0 Å². The van der Waals surface area contributed by atoms with Gasteiger partial charge in [-0.05, 0) is 24.8 Å². The molecule has 0 aliphatic carbocycles. The van der Waals surface area contributed by atoms with E-state index in [1.807, 2.05) is 19.1 Å². The van der Waals surface area contributed by atoms with Crippen molar-refractivity contribution in [1.82, 2.24) is 0 Å². The Kier molecular flexibility index (Phi) is 52.9. The fourth-order valence-corrected chi connectivity index (χ4v) is 4.91. The first kappa shape index (κ1) is 52.8. The van der Waals surface area contributed by atoms with Gasteiger partial charge in [-0.3, -0.25) is 0 Å². The summed E-state index contributed by atoms with van der Waals surface area (Å²) in [5.41, 5.74) is 1.18. The second-order valence-corrected chi connectivity index (χ2v) is 12.6. The van der Waals surface area contributed by atoms with Gasteiger partial charge in [-0.2, -0.15) is 0 Å². The van der Waals surface area contributed by atoms with Gasteiger partial charge in [0.1, 0.15) is 0 Å². The molecule has 0 atom stereocenters. The van der Waals surface area contributed by atoms with Gasteiger partial charge in [0, 0.05) is 11.5 Å². The van der Waals surface area contributed by atoms with Gasteiger partial charge >= 0.3 is 23.9 Å². The van der Waals surface area contributed by atoms with Gasteiger partial charge in [-0.15, -0.1) is 0 Å². The van der Waals surface area contributed by atoms with E-state index in [0.29, 0.717) is 5.56 Å². The number of hydrogen-bond donors (Lipinski definition) is 0. The minimum Gasteiger partial charge on any atom is -0.550 e. The number of unbranched alkanes of at least 4 members (excludes halogenated alkanes) is 22. The van der Waals surface area contributed by atoms with E-state index in [4.69, 9.17) is 0 Å². The predicted molar refractivity (Wildman–Crippen MR) is 203 cm³/mol. The molecule has 0 aliphatic heterocycles. The van der Waals surface area contributed by atoms with Crippen LogP contribution in [0.3, 0.4) is 0 Å². The molecule has 0 spiro atoms. The Labute approximate surface area is 311 Å². The van der Waals surface area contributed by atoms with Crippen LogP contribution in [0.5, 0.6) is 0 Å². The summed E-state index contributed by atoms with van der Waals surface area (Å²) in [5, 5.41) is 20.9. The zero-order valence-corrected chi connectivity index (χ0v) is 34.5. The first-order valence-corrected chi connectivity index (χ1v) is 19.4. The summed E-state index contributed by atoms with van der Waals surface area (Å²) in [6, 6.07) is 6.97. The topological polar surface area (TPSA) is 80.3 Å². The molecule has 4 radical (unpaired) electrons. The average Bonchev–Trinajstić information content (AvgIpc) is 3.06. The summed E-state index contributed by atoms with van der Waals surface area (Å²) < 4.78 is 0. The third-order valence-electron chi connectivity index (χ3n) is 7.95. The molecule has 1 aromatic carbocycles. The molecule has 0 saturated carbocycles. The maximum absolute atomic E-state index is 10.6. The normalized spacial score (nSPS) is 9.91. The van der Waals surface area contributed by atoms with Gasteiger partial charge in [0.15, 0.2) is 0 Å². The average molecular weight is 764 g/mol. The third kappa shape index (κ3) is 47.1. The first-order valence-electron chi connectivity index (χ1n) is 19.4. The summed E-state index contributed by atoms with van der Waals surface area (Å²) in [6.45, 7) is 15.8. The summed E-state index contributed by atoms with van der Waals surface area (Å²) in [7, 11) is 0. The standard InChI is InChI=1S/C24H48O2.C10H12O2.2C4H9.Sn/c1-2-3-4-5-6-7-8-9-10-11-12-13-14-15-16-17-18-19-20-21-22-23-24(25)26;1-2-5-8-6-3-4-7-9(8)10(11)12;2*1-3-4-2;/h2-23H2,1H3,(H,25,26);3-4,6-7H,2,5H2,1H3,(H,11,12);2*1,3-4H2,2H3;/q;;;;+2/p-2. The van der Waals surface area contributed by atoms with Crippen molar-refractivity contribution >= 4 is 35.8 Å². The summed E-state index contributed by atoms with van der Waals surface area (Å²) in [4.78, 5) is 20.9. The van der Waals surface area contributed by atoms with E-state index in [9.17, 15) is 19.8 Å². The minimum absolute atomic E-state index is 0. The molecule has 0 unspecified atom stereocenters. The van der Waals surface area contributed by atoms with Crippen LogP contribution in [0, 0.1) is 13.8 Å². The van der Waals surface area contributed by atoms with Gasteiger partial charge in [0.2, 0.25) is 0 Å². The molecule has 0 bridgehead atoms. The molecule has 47 heavy (non-hydrogen) atoms. The molecule has 0 heterocycles. The Bertz CT molecular complexity index is 729. The van der Waals surface area contributed by atoms with E-state index >= 15 is 0 Å². The van der Waals surface area contributed by atoms with Crippen LogP contribution in [0.2, 0.25) is 0 Å². The molecule has 0 amide bonds. The molecule has 0 N–H and O–H groups in total. The van der Waals surface area contributed by atoms with Crippen LogP contribution in [-0.2, 0) is 11.2 Å². The van der Waals surface area contributed by atoms with Crippen LogP contribution in [-0.4, -0.2) is 35.8 Å². The van der Waals surface area contributed by atoms with Crippen molar-refractivity contribution in [2.75, 3.05) is 0 Å². The van der Waals surface area contributed by atoms with Crippen LogP contribution in [0.25, 0.3) is 0 Å². The van der Waals surface area contributed by atoms with E-state index in [2.05, 4.69) is 34.6 Å². The molecule has 4 nitrogen and oxygen atoms in total. The SMILES string of the molecule is CCCCCCCCCCCCCCCCCCCCCCCC(=O)[O-].CCCc1ccccc1C(=O)[O-].[CH2]CCC.[CH2]CCC.[Sn+2].